The van der Waals surface area contributed by atoms with Crippen molar-refractivity contribution in [3.63, 3.8) is 0 Å². The van der Waals surface area contributed by atoms with Crippen molar-refractivity contribution >= 4 is 17.5 Å². The third-order valence-corrected chi connectivity index (χ3v) is 2.93. The monoisotopic (exact) mass is 317 g/mol. The van der Waals surface area contributed by atoms with Gasteiger partial charge >= 0.3 is 6.18 Å². The summed E-state index contributed by atoms with van der Waals surface area (Å²) in [5.74, 6) is -0.457. The zero-order valence-electron chi connectivity index (χ0n) is 10.7. The van der Waals surface area contributed by atoms with Crippen LogP contribution in [0.15, 0.2) is 47.1 Å². The summed E-state index contributed by atoms with van der Waals surface area (Å²) in [4.78, 5) is 12.9. The summed E-state index contributed by atoms with van der Waals surface area (Å²) in [5.41, 5.74) is 0.134. The Labute approximate surface area is 123 Å². The van der Waals surface area contributed by atoms with E-state index in [1.54, 1.807) is 6.07 Å². The fraction of sp³-hybridized carbons (Fsp3) is 0.214. The van der Waals surface area contributed by atoms with Crippen LogP contribution in [0.25, 0.3) is 0 Å². The molecule has 0 unspecified atom stereocenters. The maximum absolute atomic E-state index is 12.6. The van der Waals surface area contributed by atoms with Gasteiger partial charge in [-0.05, 0) is 36.4 Å². The molecule has 112 valence electrons. The molecule has 21 heavy (non-hydrogen) atoms. The van der Waals surface area contributed by atoms with Crippen LogP contribution < -0.4 is 0 Å². The van der Waals surface area contributed by atoms with E-state index in [9.17, 15) is 18.0 Å². The summed E-state index contributed by atoms with van der Waals surface area (Å²) in [5, 5.41) is 0.403. The van der Waals surface area contributed by atoms with E-state index in [0.717, 1.165) is 0 Å². The second kappa shape index (κ2) is 6.22. The first-order valence-electron chi connectivity index (χ1n) is 5.99. The Kier molecular flexibility index (Phi) is 4.57. The van der Waals surface area contributed by atoms with Crippen molar-refractivity contribution in [2.24, 2.45) is 0 Å². The molecule has 0 atom stereocenters. The number of benzene rings is 1. The third kappa shape index (κ3) is 4.53. The molecule has 1 heterocycles. The van der Waals surface area contributed by atoms with Gasteiger partial charge in [0.25, 0.3) is 5.91 Å². The molecule has 0 saturated carbocycles. The minimum atomic E-state index is -4.49. The minimum absolute atomic E-state index is 0.134. The molecule has 1 aromatic carbocycles. The van der Waals surface area contributed by atoms with Crippen LogP contribution in [0, 0.1) is 0 Å². The Morgan fingerprint density at radius 3 is 2.38 bits per heavy atom. The molecule has 3 nitrogen and oxygen atoms in total. The van der Waals surface area contributed by atoms with Gasteiger partial charge in [-0.15, -0.1) is 0 Å². The van der Waals surface area contributed by atoms with E-state index in [1.165, 1.54) is 36.6 Å². The van der Waals surface area contributed by atoms with Crippen LogP contribution in [0.5, 0.6) is 0 Å². The van der Waals surface area contributed by atoms with Crippen LogP contribution in [-0.2, 0) is 6.54 Å². The van der Waals surface area contributed by atoms with Crippen molar-refractivity contribution in [3.8, 4) is 0 Å². The first-order valence-corrected chi connectivity index (χ1v) is 6.37. The number of furan rings is 1. The lowest BCUT2D eigenvalue weighted by Crippen LogP contribution is -2.38. The highest BCUT2D eigenvalue weighted by Gasteiger charge is 2.33. The highest BCUT2D eigenvalue weighted by Crippen LogP contribution is 2.21. The second-order valence-electron chi connectivity index (χ2n) is 4.36. The molecule has 0 saturated heterocycles. The summed E-state index contributed by atoms with van der Waals surface area (Å²) in [7, 11) is 0. The molecule has 0 aliphatic rings. The van der Waals surface area contributed by atoms with Crippen molar-refractivity contribution in [2.45, 2.75) is 12.7 Å². The van der Waals surface area contributed by atoms with Gasteiger partial charge in [0.2, 0.25) is 0 Å². The molecule has 1 amide bonds. The number of amides is 1. The molecule has 0 aliphatic carbocycles. The second-order valence-corrected chi connectivity index (χ2v) is 4.80. The summed E-state index contributed by atoms with van der Waals surface area (Å²) < 4.78 is 42.9. The quantitative estimate of drug-likeness (QED) is 0.849. The molecule has 7 heteroatoms. The molecule has 1 aromatic heterocycles. The summed E-state index contributed by atoms with van der Waals surface area (Å²) in [6.45, 7) is -1.61. The van der Waals surface area contributed by atoms with Gasteiger partial charge in [0, 0.05) is 10.6 Å². The normalized spacial score (nSPS) is 11.4. The summed E-state index contributed by atoms with van der Waals surface area (Å²) in [6.07, 6.45) is -3.15. The fourth-order valence-electron chi connectivity index (χ4n) is 1.78. The average molecular weight is 318 g/mol. The van der Waals surface area contributed by atoms with Gasteiger partial charge < -0.3 is 9.32 Å². The van der Waals surface area contributed by atoms with Crippen LogP contribution in [0.4, 0.5) is 13.2 Å². The SMILES string of the molecule is O=C(c1ccc(Cl)cc1)N(Cc1ccco1)CC(F)(F)F. The van der Waals surface area contributed by atoms with E-state index in [1.807, 2.05) is 0 Å². The van der Waals surface area contributed by atoms with E-state index in [-0.39, 0.29) is 17.9 Å². The molecule has 0 spiro atoms. The van der Waals surface area contributed by atoms with Gasteiger partial charge in [0.05, 0.1) is 12.8 Å². The Balaban J connectivity index is 2.21. The first-order chi connectivity index (χ1) is 9.85. The van der Waals surface area contributed by atoms with E-state index in [0.29, 0.717) is 9.92 Å². The number of carbonyl (C=O) groups is 1. The zero-order chi connectivity index (χ0) is 15.5. The summed E-state index contributed by atoms with van der Waals surface area (Å²) in [6, 6.07) is 8.74. The molecule has 0 fully saturated rings. The number of alkyl halides is 3. The number of nitrogens with zero attached hydrogens (tertiary/aromatic N) is 1. The van der Waals surface area contributed by atoms with Gasteiger partial charge in [-0.25, -0.2) is 0 Å². The molecule has 2 aromatic rings. The van der Waals surface area contributed by atoms with E-state index in [4.69, 9.17) is 16.0 Å². The zero-order valence-corrected chi connectivity index (χ0v) is 11.5. The van der Waals surface area contributed by atoms with Crippen molar-refractivity contribution < 1.29 is 22.4 Å². The number of rotatable bonds is 4. The number of hydrogen-bond acceptors (Lipinski definition) is 2. The largest absolute Gasteiger partial charge is 0.467 e. The highest BCUT2D eigenvalue weighted by molar-refractivity contribution is 6.30. The van der Waals surface area contributed by atoms with Crippen LogP contribution >= 0.6 is 11.6 Å². The van der Waals surface area contributed by atoms with Crippen molar-refractivity contribution in [3.05, 3.63) is 59.0 Å². The van der Waals surface area contributed by atoms with Crippen LogP contribution in [0.1, 0.15) is 16.1 Å². The number of carbonyl (C=O) groups excluding carboxylic acids is 1. The Bertz CT molecular complexity index is 594. The highest BCUT2D eigenvalue weighted by atomic mass is 35.5. The molecule has 0 aliphatic heterocycles. The number of halogens is 4. The first kappa shape index (κ1) is 15.4. The Hall–Kier alpha value is -1.95. The van der Waals surface area contributed by atoms with Crippen molar-refractivity contribution in [1.82, 2.24) is 4.90 Å². The topological polar surface area (TPSA) is 33.5 Å². The van der Waals surface area contributed by atoms with E-state index >= 15 is 0 Å². The maximum Gasteiger partial charge on any atom is 0.406 e. The van der Waals surface area contributed by atoms with Gasteiger partial charge in [-0.3, -0.25) is 4.79 Å². The number of hydrogen-bond donors (Lipinski definition) is 0. The third-order valence-electron chi connectivity index (χ3n) is 2.68. The van der Waals surface area contributed by atoms with Gasteiger partial charge in [0.15, 0.2) is 0 Å². The van der Waals surface area contributed by atoms with E-state index < -0.39 is 18.6 Å². The van der Waals surface area contributed by atoms with Crippen molar-refractivity contribution in [1.29, 1.82) is 0 Å². The molecule has 0 bridgehead atoms. The van der Waals surface area contributed by atoms with Crippen molar-refractivity contribution in [2.75, 3.05) is 6.54 Å². The molecule has 0 N–H and O–H groups in total. The van der Waals surface area contributed by atoms with Crippen LogP contribution in [0.3, 0.4) is 0 Å². The van der Waals surface area contributed by atoms with Gasteiger partial charge in [-0.1, -0.05) is 11.6 Å². The van der Waals surface area contributed by atoms with Crippen LogP contribution in [-0.4, -0.2) is 23.5 Å². The predicted octanol–water partition coefficient (Wildman–Crippen LogP) is 4.14. The molecular formula is C14H11ClF3NO2. The smallest absolute Gasteiger partial charge is 0.406 e. The predicted molar refractivity (Wildman–Crippen MR) is 71.0 cm³/mol. The average Bonchev–Trinajstić information content (AvgIpc) is 2.89. The minimum Gasteiger partial charge on any atom is -0.467 e. The molecule has 0 radical (unpaired) electrons. The molecular weight excluding hydrogens is 307 g/mol. The maximum atomic E-state index is 12.6. The Morgan fingerprint density at radius 1 is 1.19 bits per heavy atom. The lowest BCUT2D eigenvalue weighted by Gasteiger charge is -2.23. The van der Waals surface area contributed by atoms with Gasteiger partial charge in [0.1, 0.15) is 12.3 Å². The lowest BCUT2D eigenvalue weighted by atomic mass is 10.2. The lowest BCUT2D eigenvalue weighted by molar-refractivity contribution is -0.142. The standard InChI is InChI=1S/C14H11ClF3NO2/c15-11-5-3-10(4-6-11)13(20)19(9-14(16,17)18)8-12-2-1-7-21-12/h1-7H,8-9H2. The molecule has 2 rings (SSSR count). The Morgan fingerprint density at radius 2 is 1.86 bits per heavy atom. The van der Waals surface area contributed by atoms with Gasteiger partial charge in [-0.2, -0.15) is 13.2 Å². The fourth-order valence-corrected chi connectivity index (χ4v) is 1.91. The van der Waals surface area contributed by atoms with E-state index in [2.05, 4.69) is 0 Å². The summed E-state index contributed by atoms with van der Waals surface area (Å²) >= 11 is 5.70. The van der Waals surface area contributed by atoms with Crippen LogP contribution in [0.2, 0.25) is 5.02 Å².